The maximum absolute atomic E-state index is 14.3. The zero-order valence-electron chi connectivity index (χ0n) is 17.5. The van der Waals surface area contributed by atoms with Crippen molar-refractivity contribution >= 4 is 34.7 Å². The molecule has 3 aliphatic rings. The van der Waals surface area contributed by atoms with Gasteiger partial charge in [-0.25, -0.2) is 13.5 Å². The monoisotopic (exact) mass is 487 g/mol. The van der Waals surface area contributed by atoms with Crippen molar-refractivity contribution in [3.05, 3.63) is 46.7 Å². The number of carbonyl (C=O) groups excluding carboxylic acids is 1. The van der Waals surface area contributed by atoms with Crippen LogP contribution in [-0.4, -0.2) is 40.9 Å². The van der Waals surface area contributed by atoms with Gasteiger partial charge in [-0.1, -0.05) is 23.7 Å². The van der Waals surface area contributed by atoms with E-state index in [0.29, 0.717) is 17.2 Å². The Hall–Kier alpha value is -2.82. The van der Waals surface area contributed by atoms with Gasteiger partial charge in [0.25, 0.3) is 5.92 Å². The summed E-state index contributed by atoms with van der Waals surface area (Å²) >= 11 is 5.94. The summed E-state index contributed by atoms with van der Waals surface area (Å²) in [6.45, 7) is 1.90. The van der Waals surface area contributed by atoms with E-state index in [1.54, 1.807) is 0 Å². The first kappa shape index (κ1) is 22.0. The fourth-order valence-corrected chi connectivity index (χ4v) is 5.17. The first-order valence-electron chi connectivity index (χ1n) is 10.1. The molecule has 2 aromatic rings. The van der Waals surface area contributed by atoms with Gasteiger partial charge in [0.15, 0.2) is 5.15 Å². The zero-order valence-corrected chi connectivity index (χ0v) is 18.2. The zero-order chi connectivity index (χ0) is 24.1. The van der Waals surface area contributed by atoms with Gasteiger partial charge in [-0.2, -0.15) is 18.3 Å². The van der Waals surface area contributed by atoms with E-state index in [9.17, 15) is 26.7 Å². The largest absolute Gasteiger partial charge is 0.401 e. The van der Waals surface area contributed by atoms with Crippen molar-refractivity contribution < 1.29 is 26.7 Å². The van der Waals surface area contributed by atoms with Gasteiger partial charge < -0.3 is 16.0 Å². The minimum absolute atomic E-state index is 0.0326. The minimum Gasteiger partial charge on any atom is -0.369 e. The lowest BCUT2D eigenvalue weighted by Gasteiger charge is -2.31. The molecule has 6 nitrogen and oxygen atoms in total. The number of fused-ring (bicyclic) bond motifs is 2. The molecule has 0 radical (unpaired) electrons. The highest BCUT2D eigenvalue weighted by atomic mass is 35.5. The van der Waals surface area contributed by atoms with Crippen LogP contribution in [0.2, 0.25) is 5.15 Å². The SMILES string of the molecule is CC1(C(F)(F)F)CN(c2ccc(C3C(F)(F)C3(C)C(N)=O)cc2)C2=C1n1nc(Cl)cc1NC2. The summed E-state index contributed by atoms with van der Waals surface area (Å²) in [6.07, 6.45) is -4.59. The second-order valence-electron chi connectivity index (χ2n) is 9.04. The van der Waals surface area contributed by atoms with Crippen LogP contribution in [0.1, 0.15) is 25.3 Å². The normalized spacial score (nSPS) is 30.1. The standard InChI is InChI=1S/C21H19ClF5N5O/c1-18(21(25,26)27)9-31(12-8-29-14-7-13(22)30-32(14)16(12)18)11-5-3-10(4-6-11)15-19(2,17(28)33)20(15,23)24/h3-7,15,29H,8-9H2,1-2H3,(H2,28,33). The second-order valence-corrected chi connectivity index (χ2v) is 9.43. The molecule has 3 atom stereocenters. The van der Waals surface area contributed by atoms with E-state index in [1.165, 1.54) is 39.9 Å². The molecule has 176 valence electrons. The molecule has 1 aliphatic carbocycles. The van der Waals surface area contributed by atoms with Crippen LogP contribution < -0.4 is 16.0 Å². The van der Waals surface area contributed by atoms with Crippen LogP contribution in [0.25, 0.3) is 5.70 Å². The molecule has 1 fully saturated rings. The van der Waals surface area contributed by atoms with Gasteiger partial charge in [0.1, 0.15) is 16.6 Å². The van der Waals surface area contributed by atoms with Crippen molar-refractivity contribution in [1.29, 1.82) is 0 Å². The van der Waals surface area contributed by atoms with Gasteiger partial charge in [0, 0.05) is 18.3 Å². The molecule has 3 unspecified atom stereocenters. The van der Waals surface area contributed by atoms with E-state index in [2.05, 4.69) is 10.4 Å². The molecular weight excluding hydrogens is 469 g/mol. The third-order valence-corrected chi connectivity index (χ3v) is 7.33. The molecule has 33 heavy (non-hydrogen) atoms. The Morgan fingerprint density at radius 2 is 1.88 bits per heavy atom. The molecule has 5 rings (SSSR count). The highest BCUT2D eigenvalue weighted by molar-refractivity contribution is 6.29. The molecule has 1 amide bonds. The first-order chi connectivity index (χ1) is 15.2. The van der Waals surface area contributed by atoms with Crippen molar-refractivity contribution in [1.82, 2.24) is 9.78 Å². The van der Waals surface area contributed by atoms with Gasteiger partial charge in [-0.3, -0.25) is 4.79 Å². The summed E-state index contributed by atoms with van der Waals surface area (Å²) in [4.78, 5) is 13.1. The van der Waals surface area contributed by atoms with Gasteiger partial charge in [-0.15, -0.1) is 0 Å². The van der Waals surface area contributed by atoms with Crippen LogP contribution in [0.4, 0.5) is 33.5 Å². The third kappa shape index (κ3) is 2.71. The van der Waals surface area contributed by atoms with Crippen LogP contribution in [0.15, 0.2) is 36.0 Å². The van der Waals surface area contributed by atoms with E-state index in [-0.39, 0.29) is 23.0 Å². The summed E-state index contributed by atoms with van der Waals surface area (Å²) in [6, 6.07) is 7.20. The number of primary amides is 1. The lowest BCUT2D eigenvalue weighted by molar-refractivity contribution is -0.192. The highest BCUT2D eigenvalue weighted by Crippen LogP contribution is 2.71. The number of hydrogen-bond donors (Lipinski definition) is 2. The predicted molar refractivity (Wildman–Crippen MR) is 112 cm³/mol. The van der Waals surface area contributed by atoms with Crippen LogP contribution in [0.5, 0.6) is 0 Å². The van der Waals surface area contributed by atoms with E-state index >= 15 is 0 Å². The number of alkyl halides is 5. The Bertz CT molecular complexity index is 1210. The van der Waals surface area contributed by atoms with Crippen molar-refractivity contribution in [2.24, 2.45) is 16.6 Å². The second kappa shape index (κ2) is 6.40. The average molecular weight is 488 g/mol. The van der Waals surface area contributed by atoms with Crippen molar-refractivity contribution in [3.63, 3.8) is 0 Å². The summed E-state index contributed by atoms with van der Waals surface area (Å²) in [5.41, 5.74) is 1.86. The van der Waals surface area contributed by atoms with Crippen molar-refractivity contribution in [2.75, 3.05) is 23.3 Å². The molecule has 0 spiro atoms. The molecule has 3 heterocycles. The summed E-state index contributed by atoms with van der Waals surface area (Å²) in [7, 11) is 0. The Balaban J connectivity index is 1.55. The Morgan fingerprint density at radius 1 is 1.24 bits per heavy atom. The number of halogens is 6. The molecule has 1 aromatic carbocycles. The molecule has 0 bridgehead atoms. The number of carbonyl (C=O) groups is 1. The number of nitrogens with one attached hydrogen (secondary N) is 1. The first-order valence-corrected chi connectivity index (χ1v) is 10.5. The van der Waals surface area contributed by atoms with Crippen molar-refractivity contribution in [2.45, 2.75) is 31.9 Å². The number of nitrogens with two attached hydrogens (primary N) is 1. The van der Waals surface area contributed by atoms with E-state index in [4.69, 9.17) is 17.3 Å². The fraction of sp³-hybridized carbons (Fsp3) is 0.429. The Labute approximate surface area is 190 Å². The number of hydrogen-bond acceptors (Lipinski definition) is 4. The smallest absolute Gasteiger partial charge is 0.369 e. The van der Waals surface area contributed by atoms with E-state index in [0.717, 1.165) is 13.8 Å². The maximum Gasteiger partial charge on any atom is 0.401 e. The Kier molecular flexibility index (Phi) is 4.26. The summed E-state index contributed by atoms with van der Waals surface area (Å²) < 4.78 is 72.5. The van der Waals surface area contributed by atoms with Crippen LogP contribution in [-0.2, 0) is 4.79 Å². The Morgan fingerprint density at radius 3 is 2.42 bits per heavy atom. The van der Waals surface area contributed by atoms with Gasteiger partial charge >= 0.3 is 6.18 Å². The van der Waals surface area contributed by atoms with Gasteiger partial charge in [-0.05, 0) is 31.5 Å². The van der Waals surface area contributed by atoms with Crippen molar-refractivity contribution in [3.8, 4) is 0 Å². The molecular formula is C21H19ClF5N5O. The van der Waals surface area contributed by atoms with E-state index in [1.807, 2.05) is 0 Å². The topological polar surface area (TPSA) is 76.2 Å². The van der Waals surface area contributed by atoms with Crippen LogP contribution >= 0.6 is 11.6 Å². The number of amides is 1. The van der Waals surface area contributed by atoms with Crippen LogP contribution in [0.3, 0.4) is 0 Å². The highest BCUT2D eigenvalue weighted by Gasteiger charge is 2.81. The molecule has 3 N–H and O–H groups in total. The number of aromatic nitrogens is 2. The van der Waals surface area contributed by atoms with E-state index < -0.39 is 41.3 Å². The third-order valence-electron chi connectivity index (χ3n) is 7.15. The number of rotatable bonds is 3. The van der Waals surface area contributed by atoms with Crippen LogP contribution in [0, 0.1) is 10.8 Å². The quantitative estimate of drug-likeness (QED) is 0.627. The molecule has 1 saturated carbocycles. The average Bonchev–Trinajstić information content (AvgIpc) is 3.01. The fourth-order valence-electron chi connectivity index (χ4n) is 4.99. The number of benzene rings is 1. The molecule has 0 saturated heterocycles. The van der Waals surface area contributed by atoms with Gasteiger partial charge in [0.05, 0.1) is 23.9 Å². The molecule has 12 heteroatoms. The van der Waals surface area contributed by atoms with Gasteiger partial charge in [0.2, 0.25) is 5.91 Å². The number of nitrogens with zero attached hydrogens (tertiary/aromatic N) is 3. The molecule has 1 aromatic heterocycles. The maximum atomic E-state index is 14.3. The lowest BCUT2D eigenvalue weighted by atomic mass is 9.87. The minimum atomic E-state index is -4.59. The predicted octanol–water partition coefficient (Wildman–Crippen LogP) is 4.44. The summed E-state index contributed by atoms with van der Waals surface area (Å²) in [5, 5.41) is 7.11. The number of anilines is 2. The lowest BCUT2D eigenvalue weighted by Crippen LogP contribution is -2.41. The molecule has 2 aliphatic heterocycles. The summed E-state index contributed by atoms with van der Waals surface area (Å²) in [5.74, 6) is -5.41.